The number of nitrogens with zero attached hydrogens (tertiary/aromatic N) is 2. The summed E-state index contributed by atoms with van der Waals surface area (Å²) in [7, 11) is 0. The highest BCUT2D eigenvalue weighted by Crippen LogP contribution is 2.32. The summed E-state index contributed by atoms with van der Waals surface area (Å²) in [5.41, 5.74) is 2.04. The van der Waals surface area contributed by atoms with Crippen molar-refractivity contribution in [2.24, 2.45) is 0 Å². The first kappa shape index (κ1) is 13.8. The van der Waals surface area contributed by atoms with Crippen molar-refractivity contribution in [1.29, 1.82) is 0 Å². The van der Waals surface area contributed by atoms with Crippen molar-refractivity contribution < 1.29 is 4.74 Å². The van der Waals surface area contributed by atoms with Gasteiger partial charge in [0, 0.05) is 11.8 Å². The average molecular weight is 277 g/mol. The number of aromatic nitrogens is 2. The van der Waals surface area contributed by atoms with Crippen LogP contribution in [0.25, 0.3) is 0 Å². The molecule has 1 aromatic heterocycles. The van der Waals surface area contributed by atoms with Gasteiger partial charge in [0.25, 0.3) is 0 Å². The van der Waals surface area contributed by atoms with Crippen LogP contribution in [0, 0.1) is 6.92 Å². The van der Waals surface area contributed by atoms with E-state index < -0.39 is 0 Å². The Kier molecular flexibility index (Phi) is 4.38. The fourth-order valence-electron chi connectivity index (χ4n) is 1.81. The van der Waals surface area contributed by atoms with Gasteiger partial charge in [0.2, 0.25) is 11.2 Å². The van der Waals surface area contributed by atoms with Crippen LogP contribution >= 0.6 is 11.6 Å². The molecule has 0 saturated heterocycles. The van der Waals surface area contributed by atoms with Crippen molar-refractivity contribution in [3.05, 3.63) is 46.9 Å². The molecule has 4 heteroatoms. The molecule has 19 heavy (non-hydrogen) atoms. The molecule has 0 N–H and O–H groups in total. The SMILES string of the molecule is CCC(C)c1ccccc1Oc1nc(Cl)ncc1C. The van der Waals surface area contributed by atoms with Crippen LogP contribution in [0.2, 0.25) is 5.28 Å². The van der Waals surface area contributed by atoms with Gasteiger partial charge in [0.1, 0.15) is 5.75 Å². The smallest absolute Gasteiger partial charge is 0.226 e. The second-order valence-corrected chi connectivity index (χ2v) is 4.91. The fraction of sp³-hybridized carbons (Fsp3) is 0.333. The van der Waals surface area contributed by atoms with Gasteiger partial charge in [0.15, 0.2) is 0 Å². The van der Waals surface area contributed by atoms with Gasteiger partial charge in [-0.25, -0.2) is 4.98 Å². The van der Waals surface area contributed by atoms with Crippen molar-refractivity contribution in [2.45, 2.75) is 33.1 Å². The number of ether oxygens (including phenoxy) is 1. The van der Waals surface area contributed by atoms with Gasteiger partial charge in [-0.05, 0) is 42.5 Å². The van der Waals surface area contributed by atoms with Crippen LogP contribution in [-0.4, -0.2) is 9.97 Å². The van der Waals surface area contributed by atoms with E-state index in [0.717, 1.165) is 17.7 Å². The minimum Gasteiger partial charge on any atom is -0.438 e. The Labute approximate surface area is 118 Å². The number of halogens is 1. The lowest BCUT2D eigenvalue weighted by Crippen LogP contribution is -1.99. The average Bonchev–Trinajstić information content (AvgIpc) is 2.42. The third-order valence-corrected chi connectivity index (χ3v) is 3.35. The highest BCUT2D eigenvalue weighted by atomic mass is 35.5. The van der Waals surface area contributed by atoms with Crippen LogP contribution in [0.15, 0.2) is 30.5 Å². The molecule has 3 nitrogen and oxygen atoms in total. The number of hydrogen-bond acceptors (Lipinski definition) is 3. The molecule has 0 radical (unpaired) electrons. The Morgan fingerprint density at radius 3 is 2.79 bits per heavy atom. The molecule has 0 aliphatic rings. The first-order chi connectivity index (χ1) is 9.11. The Bertz CT molecular complexity index is 572. The maximum absolute atomic E-state index is 5.91. The zero-order valence-electron chi connectivity index (χ0n) is 11.4. The second-order valence-electron chi connectivity index (χ2n) is 4.58. The number of hydrogen-bond donors (Lipinski definition) is 0. The topological polar surface area (TPSA) is 35.0 Å². The summed E-state index contributed by atoms with van der Waals surface area (Å²) in [6, 6.07) is 8.02. The predicted molar refractivity (Wildman–Crippen MR) is 77.0 cm³/mol. The van der Waals surface area contributed by atoms with E-state index in [1.165, 1.54) is 5.56 Å². The predicted octanol–water partition coefficient (Wildman–Crippen LogP) is 4.74. The quantitative estimate of drug-likeness (QED) is 0.756. The van der Waals surface area contributed by atoms with Crippen LogP contribution in [0.5, 0.6) is 11.6 Å². The van der Waals surface area contributed by atoms with Crippen molar-refractivity contribution in [3.63, 3.8) is 0 Å². The van der Waals surface area contributed by atoms with Crippen molar-refractivity contribution >= 4 is 11.6 Å². The van der Waals surface area contributed by atoms with Crippen LogP contribution in [0.4, 0.5) is 0 Å². The summed E-state index contributed by atoms with van der Waals surface area (Å²) in [5, 5.41) is 0.196. The molecular weight excluding hydrogens is 260 g/mol. The van der Waals surface area contributed by atoms with E-state index in [1.807, 2.05) is 25.1 Å². The molecular formula is C15H17ClN2O. The third-order valence-electron chi connectivity index (χ3n) is 3.16. The van der Waals surface area contributed by atoms with E-state index >= 15 is 0 Å². The van der Waals surface area contributed by atoms with Gasteiger partial charge < -0.3 is 4.74 Å². The molecule has 1 aromatic carbocycles. The third kappa shape index (κ3) is 3.24. The number of aryl methyl sites for hydroxylation is 1. The van der Waals surface area contributed by atoms with Gasteiger partial charge in [0.05, 0.1) is 0 Å². The summed E-state index contributed by atoms with van der Waals surface area (Å²) in [6.45, 7) is 6.24. The Balaban J connectivity index is 2.35. The van der Waals surface area contributed by atoms with Crippen LogP contribution < -0.4 is 4.74 Å². The molecule has 0 fully saturated rings. The van der Waals surface area contributed by atoms with Crippen LogP contribution in [0.3, 0.4) is 0 Å². The Morgan fingerprint density at radius 1 is 1.32 bits per heavy atom. The summed E-state index contributed by atoms with van der Waals surface area (Å²) < 4.78 is 5.91. The minimum absolute atomic E-state index is 0.196. The van der Waals surface area contributed by atoms with E-state index in [-0.39, 0.29) is 5.28 Å². The van der Waals surface area contributed by atoms with Gasteiger partial charge in [-0.2, -0.15) is 4.98 Å². The molecule has 100 valence electrons. The summed E-state index contributed by atoms with van der Waals surface area (Å²) in [4.78, 5) is 8.06. The zero-order chi connectivity index (χ0) is 13.8. The first-order valence-corrected chi connectivity index (χ1v) is 6.75. The lowest BCUT2D eigenvalue weighted by molar-refractivity contribution is 0.447. The molecule has 1 unspecified atom stereocenters. The summed E-state index contributed by atoms with van der Waals surface area (Å²) in [6.07, 6.45) is 2.72. The molecule has 0 aliphatic heterocycles. The van der Waals surface area contributed by atoms with E-state index in [9.17, 15) is 0 Å². The minimum atomic E-state index is 0.196. The highest BCUT2D eigenvalue weighted by Gasteiger charge is 2.12. The molecule has 1 heterocycles. The van der Waals surface area contributed by atoms with Gasteiger partial charge in [-0.1, -0.05) is 32.0 Å². The molecule has 0 spiro atoms. The molecule has 0 bridgehead atoms. The Hall–Kier alpha value is -1.61. The molecule has 0 amide bonds. The molecule has 0 aliphatic carbocycles. The van der Waals surface area contributed by atoms with E-state index in [1.54, 1.807) is 6.20 Å². The maximum Gasteiger partial charge on any atom is 0.226 e. The van der Waals surface area contributed by atoms with E-state index in [4.69, 9.17) is 16.3 Å². The van der Waals surface area contributed by atoms with E-state index in [2.05, 4.69) is 29.9 Å². The highest BCUT2D eigenvalue weighted by molar-refractivity contribution is 6.28. The second kappa shape index (κ2) is 6.02. The largest absolute Gasteiger partial charge is 0.438 e. The summed E-state index contributed by atoms with van der Waals surface area (Å²) in [5.74, 6) is 1.78. The number of benzene rings is 1. The number of rotatable bonds is 4. The normalized spacial score (nSPS) is 12.2. The van der Waals surface area contributed by atoms with Crippen LogP contribution in [-0.2, 0) is 0 Å². The standard InChI is InChI=1S/C15H17ClN2O/c1-4-10(2)12-7-5-6-8-13(12)19-14-11(3)9-17-15(16)18-14/h5-10H,4H2,1-3H3. The maximum atomic E-state index is 5.91. The van der Waals surface area contributed by atoms with Crippen molar-refractivity contribution in [2.75, 3.05) is 0 Å². The van der Waals surface area contributed by atoms with Crippen molar-refractivity contribution in [1.82, 2.24) is 9.97 Å². The fourth-order valence-corrected chi connectivity index (χ4v) is 1.94. The first-order valence-electron chi connectivity index (χ1n) is 6.37. The van der Waals surface area contributed by atoms with Gasteiger partial charge >= 0.3 is 0 Å². The van der Waals surface area contributed by atoms with Gasteiger partial charge in [-0.15, -0.1) is 0 Å². The molecule has 1 atom stereocenters. The van der Waals surface area contributed by atoms with Crippen LogP contribution in [0.1, 0.15) is 37.3 Å². The van der Waals surface area contributed by atoms with Gasteiger partial charge in [-0.3, -0.25) is 0 Å². The number of para-hydroxylation sites is 1. The van der Waals surface area contributed by atoms with Crippen molar-refractivity contribution in [3.8, 4) is 11.6 Å². The molecule has 2 aromatic rings. The zero-order valence-corrected chi connectivity index (χ0v) is 12.1. The van der Waals surface area contributed by atoms with E-state index in [0.29, 0.717) is 11.8 Å². The summed E-state index contributed by atoms with van der Waals surface area (Å²) >= 11 is 5.81. The molecule has 2 rings (SSSR count). The Morgan fingerprint density at radius 2 is 2.05 bits per heavy atom. The lowest BCUT2D eigenvalue weighted by atomic mass is 9.98. The molecule has 0 saturated carbocycles. The monoisotopic (exact) mass is 276 g/mol. The lowest BCUT2D eigenvalue weighted by Gasteiger charge is -2.15.